The third-order valence-corrected chi connectivity index (χ3v) is 6.58. The van der Waals surface area contributed by atoms with Crippen LogP contribution in [0.2, 0.25) is 0 Å². The van der Waals surface area contributed by atoms with Gasteiger partial charge in [-0.3, -0.25) is 19.3 Å². The van der Waals surface area contributed by atoms with Gasteiger partial charge in [0.1, 0.15) is 11.8 Å². The van der Waals surface area contributed by atoms with Gasteiger partial charge in [0.25, 0.3) is 5.91 Å². The zero-order chi connectivity index (χ0) is 25.4. The number of amides is 3. The molecule has 1 heterocycles. The Labute approximate surface area is 210 Å². The monoisotopic (exact) mass is 493 g/mol. The van der Waals surface area contributed by atoms with Gasteiger partial charge in [-0.05, 0) is 61.5 Å². The second-order valence-electron chi connectivity index (χ2n) is 8.67. The highest BCUT2D eigenvalue weighted by Crippen LogP contribution is 2.30. The number of nitrogens with one attached hydrogen (secondary N) is 2. The number of nitrogens with zero attached hydrogens (tertiary/aromatic N) is 1. The molecule has 184 valence electrons. The van der Waals surface area contributed by atoms with Gasteiger partial charge >= 0.3 is 0 Å². The van der Waals surface area contributed by atoms with E-state index in [4.69, 9.17) is 4.74 Å². The van der Waals surface area contributed by atoms with Crippen molar-refractivity contribution in [2.75, 3.05) is 18.6 Å². The average molecular weight is 494 g/mol. The van der Waals surface area contributed by atoms with E-state index in [2.05, 4.69) is 10.6 Å². The van der Waals surface area contributed by atoms with Crippen LogP contribution in [-0.4, -0.2) is 36.9 Å². The Hall–Kier alpha value is -3.65. The maximum atomic E-state index is 13.7. The number of hydrogen-bond acceptors (Lipinski definition) is 5. The molecule has 2 N–H and O–H groups in total. The summed E-state index contributed by atoms with van der Waals surface area (Å²) in [4.78, 5) is 41.8. The molecule has 35 heavy (non-hydrogen) atoms. The number of carbonyl (C=O) groups excluding carboxylic acids is 3. The van der Waals surface area contributed by atoms with Crippen molar-refractivity contribution in [2.24, 2.45) is 0 Å². The van der Waals surface area contributed by atoms with Crippen molar-refractivity contribution < 1.29 is 19.1 Å². The highest BCUT2D eigenvalue weighted by molar-refractivity contribution is 7.12. The van der Waals surface area contributed by atoms with Gasteiger partial charge in [-0.1, -0.05) is 43.3 Å². The van der Waals surface area contributed by atoms with E-state index in [0.717, 1.165) is 0 Å². The fourth-order valence-electron chi connectivity index (χ4n) is 3.48. The van der Waals surface area contributed by atoms with Crippen LogP contribution in [0, 0.1) is 0 Å². The van der Waals surface area contributed by atoms with Crippen LogP contribution in [0.4, 0.5) is 5.69 Å². The number of hydrogen-bond donors (Lipinski definition) is 2. The lowest BCUT2D eigenvalue weighted by atomic mass is 9.98. The van der Waals surface area contributed by atoms with Crippen molar-refractivity contribution >= 4 is 34.7 Å². The highest BCUT2D eigenvalue weighted by Gasteiger charge is 2.35. The van der Waals surface area contributed by atoms with Crippen LogP contribution < -0.4 is 20.3 Å². The van der Waals surface area contributed by atoms with Crippen molar-refractivity contribution in [1.29, 1.82) is 0 Å². The van der Waals surface area contributed by atoms with Crippen LogP contribution in [0.15, 0.2) is 72.1 Å². The summed E-state index contributed by atoms with van der Waals surface area (Å²) in [5, 5.41) is 7.56. The standard InChI is InChI=1S/C27H31N3O4S/c1-5-27(2,3)29-26(33)24(19-11-9-14-21(17-19)34-4)30(20-12-7-6-8-13-20)23(31)18-28-25(32)22-15-10-16-35-22/h6-17,24H,5,18H2,1-4H3,(H,28,32)(H,29,33)/t24-/m1/s1. The summed E-state index contributed by atoms with van der Waals surface area (Å²) in [5.41, 5.74) is 0.656. The third kappa shape index (κ3) is 6.70. The predicted molar refractivity (Wildman–Crippen MR) is 139 cm³/mol. The first-order chi connectivity index (χ1) is 16.8. The van der Waals surface area contributed by atoms with Gasteiger partial charge in [0.15, 0.2) is 0 Å². The molecule has 0 fully saturated rings. The number of anilines is 1. The summed E-state index contributed by atoms with van der Waals surface area (Å²) in [6.07, 6.45) is 0.708. The van der Waals surface area contributed by atoms with Crippen molar-refractivity contribution in [3.8, 4) is 5.75 Å². The molecule has 7 nitrogen and oxygen atoms in total. The largest absolute Gasteiger partial charge is 0.497 e. The molecule has 0 unspecified atom stereocenters. The van der Waals surface area contributed by atoms with Gasteiger partial charge in [0, 0.05) is 11.2 Å². The zero-order valence-corrected chi connectivity index (χ0v) is 21.2. The van der Waals surface area contributed by atoms with Crippen LogP contribution in [-0.2, 0) is 9.59 Å². The maximum absolute atomic E-state index is 13.7. The maximum Gasteiger partial charge on any atom is 0.261 e. The van der Waals surface area contributed by atoms with Gasteiger partial charge in [-0.25, -0.2) is 0 Å². The van der Waals surface area contributed by atoms with Crippen LogP contribution in [0.3, 0.4) is 0 Å². The molecule has 0 saturated carbocycles. The predicted octanol–water partition coefficient (Wildman–Crippen LogP) is 4.57. The molecule has 3 aromatic rings. The van der Waals surface area contributed by atoms with Gasteiger partial charge in [0.2, 0.25) is 11.8 Å². The number of carbonyl (C=O) groups is 3. The van der Waals surface area contributed by atoms with Crippen LogP contribution in [0.1, 0.15) is 48.5 Å². The minimum absolute atomic E-state index is 0.267. The van der Waals surface area contributed by atoms with Crippen LogP contribution in [0.25, 0.3) is 0 Å². The minimum Gasteiger partial charge on any atom is -0.497 e. The van der Waals surface area contributed by atoms with Crippen molar-refractivity contribution in [3.05, 3.63) is 82.6 Å². The Morgan fingerprint density at radius 1 is 1.03 bits per heavy atom. The lowest BCUT2D eigenvalue weighted by molar-refractivity contribution is -0.127. The molecule has 2 aromatic carbocycles. The number of ether oxygens (including phenoxy) is 1. The Morgan fingerprint density at radius 3 is 2.40 bits per heavy atom. The Bertz CT molecular complexity index is 1150. The summed E-state index contributed by atoms with van der Waals surface area (Å²) >= 11 is 1.29. The lowest BCUT2D eigenvalue weighted by Gasteiger charge is -2.34. The summed E-state index contributed by atoms with van der Waals surface area (Å²) in [7, 11) is 1.55. The number of rotatable bonds is 10. The summed E-state index contributed by atoms with van der Waals surface area (Å²) < 4.78 is 5.38. The average Bonchev–Trinajstić information content (AvgIpc) is 3.41. The lowest BCUT2D eigenvalue weighted by Crippen LogP contribution is -2.52. The van der Waals surface area contributed by atoms with Crippen molar-refractivity contribution in [2.45, 2.75) is 38.8 Å². The molecule has 0 saturated heterocycles. The first-order valence-electron chi connectivity index (χ1n) is 11.4. The fourth-order valence-corrected chi connectivity index (χ4v) is 4.12. The summed E-state index contributed by atoms with van der Waals surface area (Å²) in [6, 6.07) is 18.6. The van der Waals surface area contributed by atoms with E-state index < -0.39 is 17.5 Å². The number of thiophene rings is 1. The molecule has 0 aliphatic rings. The van der Waals surface area contributed by atoms with Gasteiger partial charge in [0.05, 0.1) is 18.5 Å². The fraction of sp³-hybridized carbons (Fsp3) is 0.296. The number of methoxy groups -OCH3 is 1. The van der Waals surface area contributed by atoms with E-state index in [0.29, 0.717) is 28.3 Å². The molecule has 0 radical (unpaired) electrons. The van der Waals surface area contributed by atoms with Gasteiger partial charge in [-0.2, -0.15) is 0 Å². The Morgan fingerprint density at radius 2 is 1.77 bits per heavy atom. The van der Waals surface area contributed by atoms with Crippen LogP contribution in [0.5, 0.6) is 5.75 Å². The van der Waals surface area contributed by atoms with Crippen molar-refractivity contribution in [1.82, 2.24) is 10.6 Å². The number of benzene rings is 2. The molecular weight excluding hydrogens is 462 g/mol. The quantitative estimate of drug-likeness (QED) is 0.433. The molecular formula is C27H31N3O4S. The van der Waals surface area contributed by atoms with E-state index in [1.165, 1.54) is 16.2 Å². The number of para-hydroxylation sites is 1. The molecule has 3 rings (SSSR count). The molecule has 3 amide bonds. The molecule has 1 aromatic heterocycles. The van der Waals surface area contributed by atoms with E-state index in [1.54, 1.807) is 73.2 Å². The van der Waals surface area contributed by atoms with E-state index in [9.17, 15) is 14.4 Å². The normalized spacial score (nSPS) is 11.9. The molecule has 1 atom stereocenters. The summed E-state index contributed by atoms with van der Waals surface area (Å²) in [6.45, 7) is 5.59. The van der Waals surface area contributed by atoms with E-state index in [-0.39, 0.29) is 18.4 Å². The van der Waals surface area contributed by atoms with Gasteiger partial charge < -0.3 is 15.4 Å². The molecule has 8 heteroatoms. The van der Waals surface area contributed by atoms with Crippen molar-refractivity contribution in [3.63, 3.8) is 0 Å². The van der Waals surface area contributed by atoms with E-state index in [1.807, 2.05) is 26.8 Å². The minimum atomic E-state index is -0.982. The highest BCUT2D eigenvalue weighted by atomic mass is 32.1. The molecule has 0 aliphatic carbocycles. The molecule has 0 bridgehead atoms. The molecule has 0 spiro atoms. The SMILES string of the molecule is CCC(C)(C)NC(=O)[C@@H](c1cccc(OC)c1)N(C(=O)CNC(=O)c1cccs1)c1ccccc1. The second kappa shape index (κ2) is 11.7. The smallest absolute Gasteiger partial charge is 0.261 e. The topological polar surface area (TPSA) is 87.7 Å². The first kappa shape index (κ1) is 26.0. The van der Waals surface area contributed by atoms with E-state index >= 15 is 0 Å². The van der Waals surface area contributed by atoms with Gasteiger partial charge in [-0.15, -0.1) is 11.3 Å². The molecule has 0 aliphatic heterocycles. The third-order valence-electron chi connectivity index (χ3n) is 5.71. The van der Waals surface area contributed by atoms with Crippen LogP contribution >= 0.6 is 11.3 Å². The Balaban J connectivity index is 2.02. The second-order valence-corrected chi connectivity index (χ2v) is 9.61. The Kier molecular flexibility index (Phi) is 8.65. The first-order valence-corrected chi connectivity index (χ1v) is 12.3. The summed E-state index contributed by atoms with van der Waals surface area (Å²) in [5.74, 6) is -0.511. The zero-order valence-electron chi connectivity index (χ0n) is 20.4.